The van der Waals surface area contributed by atoms with E-state index < -0.39 is 17.8 Å². The van der Waals surface area contributed by atoms with Crippen molar-refractivity contribution in [3.05, 3.63) is 52.7 Å². The van der Waals surface area contributed by atoms with Crippen LogP contribution in [-0.4, -0.2) is 63.0 Å². The molecule has 0 radical (unpaired) electrons. The van der Waals surface area contributed by atoms with Gasteiger partial charge in [-0.25, -0.2) is 4.98 Å². The van der Waals surface area contributed by atoms with Gasteiger partial charge in [-0.2, -0.15) is 23.5 Å². The Balaban J connectivity index is 0.000000475. The Morgan fingerprint density at radius 2 is 1.93 bits per heavy atom. The van der Waals surface area contributed by atoms with Gasteiger partial charge < -0.3 is 31.0 Å². The van der Waals surface area contributed by atoms with Gasteiger partial charge in [0.05, 0.1) is 40.0 Å². The van der Waals surface area contributed by atoms with E-state index in [2.05, 4.69) is 26.0 Å². The van der Waals surface area contributed by atoms with Gasteiger partial charge in [-0.3, -0.25) is 19.1 Å². The third kappa shape index (κ3) is 8.67. The number of nitrogens with two attached hydrogens (primary N) is 1. The summed E-state index contributed by atoms with van der Waals surface area (Å²) in [4.78, 5) is 47.5. The molecule has 3 heterocycles. The minimum atomic E-state index is -4.77. The average Bonchev–Trinajstić information content (AvgIpc) is 3.72. The van der Waals surface area contributed by atoms with Crippen LogP contribution in [0.15, 0.2) is 30.6 Å². The van der Waals surface area contributed by atoms with Gasteiger partial charge in [0.15, 0.2) is 11.5 Å². The number of nitriles is 1. The van der Waals surface area contributed by atoms with Crippen LogP contribution in [0.2, 0.25) is 5.02 Å². The van der Waals surface area contributed by atoms with E-state index in [4.69, 9.17) is 27.4 Å². The lowest BCUT2D eigenvalue weighted by atomic mass is 9.93. The van der Waals surface area contributed by atoms with Crippen molar-refractivity contribution in [3.63, 3.8) is 0 Å². The number of nitrogens with one attached hydrogen (secondary N) is 3. The number of rotatable bonds is 7. The Bertz CT molecular complexity index is 1570. The molecule has 3 aromatic rings. The van der Waals surface area contributed by atoms with Gasteiger partial charge in [-0.05, 0) is 50.4 Å². The second kappa shape index (κ2) is 15.3. The highest BCUT2D eigenvalue weighted by Gasteiger charge is 2.38. The zero-order valence-corrected chi connectivity index (χ0v) is 24.9. The lowest BCUT2D eigenvalue weighted by Gasteiger charge is -2.26. The van der Waals surface area contributed by atoms with E-state index in [9.17, 15) is 27.6 Å². The molecule has 2 aromatic heterocycles. The predicted molar refractivity (Wildman–Crippen MR) is 157 cm³/mol. The first-order valence-corrected chi connectivity index (χ1v) is 14.0. The van der Waals surface area contributed by atoms with Crippen molar-refractivity contribution in [2.24, 2.45) is 18.7 Å². The van der Waals surface area contributed by atoms with E-state index in [-0.39, 0.29) is 63.7 Å². The Morgan fingerprint density at radius 3 is 2.44 bits per heavy atom. The van der Waals surface area contributed by atoms with Crippen LogP contribution in [0.5, 0.6) is 0 Å². The van der Waals surface area contributed by atoms with Crippen molar-refractivity contribution in [3.8, 4) is 17.3 Å². The fraction of sp³-hybridized carbons (Fsp3) is 0.393. The molecule has 1 saturated carbocycles. The summed E-state index contributed by atoms with van der Waals surface area (Å²) in [5.74, 6) is -1.24. The smallest absolute Gasteiger partial charge is 0.369 e. The first-order chi connectivity index (χ1) is 21.4. The van der Waals surface area contributed by atoms with Gasteiger partial charge in [0.1, 0.15) is 13.3 Å². The van der Waals surface area contributed by atoms with E-state index in [0.717, 1.165) is 55.8 Å². The van der Waals surface area contributed by atoms with E-state index >= 15 is 0 Å². The molecular weight excluding hydrogens is 619 g/mol. The number of benzene rings is 1. The molecule has 5 rings (SSSR count). The Kier molecular flexibility index (Phi) is 11.8. The number of primary amides is 1. The van der Waals surface area contributed by atoms with Crippen LogP contribution in [0.25, 0.3) is 11.3 Å². The molecule has 1 atom stereocenters. The third-order valence-corrected chi connectivity index (χ3v) is 7.42. The van der Waals surface area contributed by atoms with Crippen molar-refractivity contribution >= 4 is 41.8 Å². The van der Waals surface area contributed by atoms with Gasteiger partial charge in [0.2, 0.25) is 5.91 Å². The number of hydrogen-bond donors (Lipinski definition) is 4. The highest BCUT2D eigenvalue weighted by atomic mass is 35.5. The van der Waals surface area contributed by atoms with E-state index in [0.29, 0.717) is 0 Å². The van der Waals surface area contributed by atoms with Crippen LogP contribution in [0, 0.1) is 17.2 Å². The van der Waals surface area contributed by atoms with Gasteiger partial charge >= 0.3 is 6.18 Å². The molecule has 1 aliphatic heterocycles. The highest BCUT2D eigenvalue weighted by Crippen LogP contribution is 2.36. The topological polar surface area (TPSA) is 190 Å². The molecule has 3 amide bonds. The lowest BCUT2D eigenvalue weighted by molar-refractivity contribution is -0.141. The maximum atomic E-state index is 13.5. The van der Waals surface area contributed by atoms with Crippen LogP contribution in [-0.2, 0) is 29.4 Å². The molecule has 45 heavy (non-hydrogen) atoms. The Morgan fingerprint density at radius 1 is 1.22 bits per heavy atom. The number of amides is 3. The number of nitrogens with zero attached hydrogens (tertiary/aromatic N) is 5. The minimum absolute atomic E-state index is 0.00675. The zero-order valence-electron chi connectivity index (χ0n) is 24.2. The first kappa shape index (κ1) is 34.7. The molecule has 1 aromatic carbocycles. The molecule has 17 heteroatoms. The number of imidazole rings is 1. The third-order valence-electron chi connectivity index (χ3n) is 7.10. The minimum Gasteiger partial charge on any atom is -0.369 e. The number of carbonyl (C=O) groups is 4. The molecule has 1 unspecified atom stereocenters. The van der Waals surface area contributed by atoms with Crippen LogP contribution in [0.1, 0.15) is 52.4 Å². The Hall–Kier alpha value is -4.75. The van der Waals surface area contributed by atoms with Gasteiger partial charge in [-0.15, -0.1) is 0 Å². The van der Waals surface area contributed by atoms with Crippen LogP contribution < -0.4 is 21.7 Å². The standard InChI is InChI=1S/C22H19ClF3N7O2.C5H10N2O.CH2O/c1-32-17(15-11-33(8-7-27)31-18(15)22(24,25)26)10-28-19(32)21(35)30-13-5-6-14(16(23)9-13)20(34)29-12-3-2-4-12;6-5(8)4-1-2-7-3-4;1-2/h5-6,9-12H,2-4,8H2,1H3,(H,29,34)(H,30,35);4,7H,1-3H2,(H2,6,8);1H2. The number of alkyl halides is 3. The second-order valence-electron chi connectivity index (χ2n) is 10.1. The summed E-state index contributed by atoms with van der Waals surface area (Å²) in [5, 5.41) is 20.9. The summed E-state index contributed by atoms with van der Waals surface area (Å²) >= 11 is 6.23. The number of hydrogen-bond acceptors (Lipinski definition) is 8. The average molecular weight is 650 g/mol. The molecule has 1 aliphatic carbocycles. The molecule has 5 N–H and O–H groups in total. The number of aromatic nitrogens is 4. The van der Waals surface area contributed by atoms with Crippen molar-refractivity contribution in [2.75, 3.05) is 18.4 Å². The molecule has 13 nitrogen and oxygen atoms in total. The number of carbonyl (C=O) groups excluding carboxylic acids is 4. The fourth-order valence-corrected chi connectivity index (χ4v) is 4.79. The number of anilines is 1. The van der Waals surface area contributed by atoms with E-state index in [1.54, 1.807) is 6.07 Å². The molecule has 240 valence electrons. The molecule has 0 bridgehead atoms. The van der Waals surface area contributed by atoms with Crippen LogP contribution in [0.3, 0.4) is 0 Å². The van der Waals surface area contributed by atoms with Gasteiger partial charge in [-0.1, -0.05) is 11.6 Å². The van der Waals surface area contributed by atoms with Gasteiger partial charge in [0, 0.05) is 31.5 Å². The molecule has 0 spiro atoms. The maximum Gasteiger partial charge on any atom is 0.435 e. The van der Waals surface area contributed by atoms with Crippen LogP contribution >= 0.6 is 11.6 Å². The van der Waals surface area contributed by atoms with Crippen molar-refractivity contribution in [2.45, 2.75) is 44.4 Å². The summed E-state index contributed by atoms with van der Waals surface area (Å²) in [6.45, 7) is 3.34. The molecule has 2 aliphatic rings. The largest absolute Gasteiger partial charge is 0.435 e. The summed E-state index contributed by atoms with van der Waals surface area (Å²) in [7, 11) is 1.39. The predicted octanol–water partition coefficient (Wildman–Crippen LogP) is 2.91. The fourth-order valence-electron chi connectivity index (χ4n) is 4.52. The summed E-state index contributed by atoms with van der Waals surface area (Å²) < 4.78 is 42.5. The van der Waals surface area contributed by atoms with Crippen molar-refractivity contribution in [1.82, 2.24) is 30.0 Å². The first-order valence-electron chi connectivity index (χ1n) is 13.6. The highest BCUT2D eigenvalue weighted by molar-refractivity contribution is 6.34. The van der Waals surface area contributed by atoms with Crippen LogP contribution in [0.4, 0.5) is 18.9 Å². The summed E-state index contributed by atoms with van der Waals surface area (Å²) in [6.07, 6.45) is 1.26. The monoisotopic (exact) mass is 649 g/mol. The van der Waals surface area contributed by atoms with E-state index in [1.807, 2.05) is 6.79 Å². The summed E-state index contributed by atoms with van der Waals surface area (Å²) in [6, 6.07) is 6.26. The van der Waals surface area contributed by atoms with Crippen molar-refractivity contribution < 1.29 is 32.3 Å². The van der Waals surface area contributed by atoms with Crippen molar-refractivity contribution in [1.29, 1.82) is 5.26 Å². The Labute approximate surface area is 260 Å². The lowest BCUT2D eigenvalue weighted by Crippen LogP contribution is -2.39. The summed E-state index contributed by atoms with van der Waals surface area (Å²) in [5.41, 5.74) is 4.06. The molecular formula is C28H31ClF3N9O4. The normalized spacial score (nSPS) is 15.8. The quantitative estimate of drug-likeness (QED) is 0.300. The second-order valence-corrected chi connectivity index (χ2v) is 10.5. The zero-order chi connectivity index (χ0) is 33.3. The number of halogens is 4. The molecule has 1 saturated heterocycles. The van der Waals surface area contributed by atoms with Gasteiger partial charge in [0.25, 0.3) is 11.8 Å². The van der Waals surface area contributed by atoms with E-state index in [1.165, 1.54) is 29.8 Å². The molecule has 2 fully saturated rings. The SMILES string of the molecule is C=O.Cn1c(-c2cn(CC#N)nc2C(F)(F)F)cnc1C(=O)Nc1ccc(C(=O)NC2CCC2)c(Cl)c1.NC(=O)C1CCNC1. The maximum absolute atomic E-state index is 13.5.